The van der Waals surface area contributed by atoms with E-state index in [1.165, 1.54) is 18.1 Å². The third-order valence-electron chi connectivity index (χ3n) is 3.17. The molecule has 1 aliphatic rings. The number of likely N-dealkylation sites (N-methyl/N-ethyl adjacent to an activating group) is 1. The molecule has 1 aromatic carbocycles. The van der Waals surface area contributed by atoms with Gasteiger partial charge in [-0.25, -0.2) is 0 Å². The Morgan fingerprint density at radius 3 is 2.40 bits per heavy atom. The highest BCUT2D eigenvalue weighted by atomic mass is 16.6. The number of rotatable bonds is 2. The van der Waals surface area contributed by atoms with Gasteiger partial charge in [0.1, 0.15) is 0 Å². The third-order valence-corrected chi connectivity index (χ3v) is 3.17. The number of fused-ring (bicyclic) bond motifs is 1. The molecule has 1 N–H and O–H groups in total. The van der Waals surface area contributed by atoms with E-state index in [4.69, 9.17) is 10.1 Å². The largest absolute Gasteiger partial charge is 0.326 e. The highest BCUT2D eigenvalue weighted by Gasteiger charge is 2.22. The molecule has 20 heavy (non-hydrogen) atoms. The fourth-order valence-corrected chi connectivity index (χ4v) is 2.24. The van der Waals surface area contributed by atoms with E-state index in [1.54, 1.807) is 0 Å². The van der Waals surface area contributed by atoms with Gasteiger partial charge in [-0.1, -0.05) is 6.07 Å². The van der Waals surface area contributed by atoms with Crippen LogP contribution < -0.4 is 5.32 Å². The Labute approximate surface area is 118 Å². The van der Waals surface area contributed by atoms with Gasteiger partial charge in [0.25, 0.3) is 0 Å². The van der Waals surface area contributed by atoms with Gasteiger partial charge in [0, 0.05) is 23.6 Å². The van der Waals surface area contributed by atoms with Crippen LogP contribution in [0.25, 0.3) is 0 Å². The molecule has 1 amide bonds. The molecule has 1 atom stereocenters. The van der Waals surface area contributed by atoms with Gasteiger partial charge in [0.2, 0.25) is 5.91 Å². The molecule has 0 saturated carbocycles. The zero-order chi connectivity index (χ0) is 15.3. The second-order valence-electron chi connectivity index (χ2n) is 5.13. The van der Waals surface area contributed by atoms with Gasteiger partial charge in [-0.15, -0.1) is 0 Å². The number of benzene rings is 1. The number of hydrogen-bond acceptors (Lipinski definition) is 4. The average Bonchev–Trinajstić information content (AvgIpc) is 2.70. The molecule has 2 rings (SSSR count). The van der Waals surface area contributed by atoms with Gasteiger partial charge in [0.05, 0.1) is 0 Å². The van der Waals surface area contributed by atoms with E-state index >= 15 is 0 Å². The molecule has 110 valence electrons. The highest BCUT2D eigenvalue weighted by Crippen LogP contribution is 2.27. The Balaban J connectivity index is 0.000000444. The van der Waals surface area contributed by atoms with Gasteiger partial charge in [0.15, 0.2) is 7.05 Å². The number of anilines is 1. The molecule has 0 aromatic heterocycles. The summed E-state index contributed by atoms with van der Waals surface area (Å²) in [5.41, 5.74) is 3.68. The first kappa shape index (κ1) is 16.1. The van der Waals surface area contributed by atoms with Crippen molar-refractivity contribution in [3.05, 3.63) is 39.4 Å². The molecule has 0 heterocycles. The van der Waals surface area contributed by atoms with Crippen LogP contribution in [-0.2, 0) is 17.6 Å². The summed E-state index contributed by atoms with van der Waals surface area (Å²) < 4.78 is 0. The van der Waals surface area contributed by atoms with E-state index in [1.807, 2.05) is 6.07 Å². The first-order valence-electron chi connectivity index (χ1n) is 6.43. The minimum absolute atomic E-state index is 0.0119. The van der Waals surface area contributed by atoms with Crippen LogP contribution in [0.1, 0.15) is 18.1 Å². The van der Waals surface area contributed by atoms with Crippen LogP contribution in [-0.4, -0.2) is 42.9 Å². The third kappa shape index (κ3) is 4.97. The molecule has 1 aliphatic carbocycles. The number of carbonyl (C=O) groups excluding carboxylic acids is 1. The van der Waals surface area contributed by atoms with Gasteiger partial charge in [-0.05, 0) is 50.2 Å². The van der Waals surface area contributed by atoms with Crippen LogP contribution >= 0.6 is 0 Å². The van der Waals surface area contributed by atoms with E-state index in [2.05, 4.69) is 36.4 Å². The van der Waals surface area contributed by atoms with E-state index in [-0.39, 0.29) is 5.91 Å². The second-order valence-corrected chi connectivity index (χ2v) is 5.13. The molecule has 6 heteroatoms. The lowest BCUT2D eigenvalue weighted by Gasteiger charge is -2.17. The summed E-state index contributed by atoms with van der Waals surface area (Å²) >= 11 is 0. The molecule has 0 spiro atoms. The molecule has 1 unspecified atom stereocenters. The van der Waals surface area contributed by atoms with Gasteiger partial charge < -0.3 is 10.2 Å². The summed E-state index contributed by atoms with van der Waals surface area (Å²) in [7, 11) is 5.12. The quantitative estimate of drug-likeness (QED) is 0.658. The molecular formula is C14H21N3O3. The van der Waals surface area contributed by atoms with Crippen molar-refractivity contribution in [1.29, 1.82) is 0 Å². The summed E-state index contributed by atoms with van der Waals surface area (Å²) in [5.74, 6) is -0.0119. The molecule has 0 radical (unpaired) electrons. The highest BCUT2D eigenvalue weighted by molar-refractivity contribution is 5.88. The average molecular weight is 279 g/mol. The molecule has 1 aromatic rings. The van der Waals surface area contributed by atoms with Crippen molar-refractivity contribution < 1.29 is 9.72 Å². The zero-order valence-electron chi connectivity index (χ0n) is 12.3. The lowest BCUT2D eigenvalue weighted by molar-refractivity contribution is -0.445. The van der Waals surface area contributed by atoms with Crippen molar-refractivity contribution in [2.45, 2.75) is 25.8 Å². The summed E-state index contributed by atoms with van der Waals surface area (Å²) in [6, 6.07) is 6.81. The van der Waals surface area contributed by atoms with Crippen LogP contribution in [0.3, 0.4) is 0 Å². The molecule has 0 bridgehead atoms. The van der Waals surface area contributed by atoms with E-state index in [0.717, 1.165) is 25.6 Å². The number of amides is 1. The predicted molar refractivity (Wildman–Crippen MR) is 78.5 cm³/mol. The molecule has 0 aliphatic heterocycles. The smallest absolute Gasteiger partial charge is 0.221 e. The summed E-state index contributed by atoms with van der Waals surface area (Å²) in [5, 5.41) is 11.6. The fraction of sp³-hybridized carbons (Fsp3) is 0.500. The summed E-state index contributed by atoms with van der Waals surface area (Å²) in [4.78, 5) is 21.5. The van der Waals surface area contributed by atoms with Crippen molar-refractivity contribution in [2.75, 3.05) is 26.5 Å². The number of nitro groups is 1. The van der Waals surface area contributed by atoms with E-state index in [0.29, 0.717) is 6.04 Å². The maximum absolute atomic E-state index is 11.0. The van der Waals surface area contributed by atoms with Crippen molar-refractivity contribution in [3.8, 4) is 0 Å². The lowest BCUT2D eigenvalue weighted by atomic mass is 10.1. The first-order valence-corrected chi connectivity index (χ1v) is 6.43. The normalized spacial score (nSPS) is 16.1. The summed E-state index contributed by atoms with van der Waals surface area (Å²) in [6.45, 7) is 1.54. The fourth-order valence-electron chi connectivity index (χ4n) is 2.24. The predicted octanol–water partition coefficient (Wildman–Crippen LogP) is 1.57. The van der Waals surface area contributed by atoms with Gasteiger partial charge in [-0.3, -0.25) is 14.9 Å². The standard InChI is InChI=1S/C13H18N2O.CH3NO2/c1-9(16)14-12-5-4-10-7-13(15(2)3)8-11(10)6-12;1-2(3)4/h4-6,13H,7-8H2,1-3H3,(H,14,16);1H3. The maximum Gasteiger partial charge on any atom is 0.221 e. The van der Waals surface area contributed by atoms with Gasteiger partial charge >= 0.3 is 0 Å². The monoisotopic (exact) mass is 279 g/mol. The topological polar surface area (TPSA) is 75.5 Å². The first-order chi connectivity index (χ1) is 9.29. The molecular weight excluding hydrogens is 258 g/mol. The van der Waals surface area contributed by atoms with Crippen LogP contribution in [0, 0.1) is 10.1 Å². The maximum atomic E-state index is 11.0. The Kier molecular flexibility index (Phi) is 5.64. The van der Waals surface area contributed by atoms with Gasteiger partial charge in [-0.2, -0.15) is 0 Å². The van der Waals surface area contributed by atoms with Crippen LogP contribution in [0.4, 0.5) is 5.69 Å². The SMILES string of the molecule is CC(=O)Nc1ccc2c(c1)CC(N(C)C)C2.C[N+](=O)[O-]. The molecule has 6 nitrogen and oxygen atoms in total. The Morgan fingerprint density at radius 2 is 1.90 bits per heavy atom. The number of nitrogens with zero attached hydrogens (tertiary/aromatic N) is 2. The van der Waals surface area contributed by atoms with Crippen molar-refractivity contribution in [1.82, 2.24) is 4.90 Å². The van der Waals surface area contributed by atoms with Crippen LogP contribution in [0.2, 0.25) is 0 Å². The van der Waals surface area contributed by atoms with Crippen molar-refractivity contribution in [3.63, 3.8) is 0 Å². The zero-order valence-corrected chi connectivity index (χ0v) is 12.3. The number of nitrogens with one attached hydrogen (secondary N) is 1. The number of carbonyl (C=O) groups is 1. The minimum Gasteiger partial charge on any atom is -0.326 e. The van der Waals surface area contributed by atoms with E-state index in [9.17, 15) is 4.79 Å². The van der Waals surface area contributed by atoms with Crippen molar-refractivity contribution in [2.24, 2.45) is 0 Å². The molecule has 0 fully saturated rings. The van der Waals surface area contributed by atoms with Crippen LogP contribution in [0.15, 0.2) is 18.2 Å². The van der Waals surface area contributed by atoms with E-state index < -0.39 is 4.92 Å². The van der Waals surface area contributed by atoms with Crippen molar-refractivity contribution >= 4 is 11.6 Å². The van der Waals surface area contributed by atoms with Crippen LogP contribution in [0.5, 0.6) is 0 Å². The lowest BCUT2D eigenvalue weighted by Crippen LogP contribution is -2.27. The minimum atomic E-state index is -0.500. The Bertz CT molecular complexity index is 496. The molecule has 0 saturated heterocycles. The number of hydrogen-bond donors (Lipinski definition) is 1. The second kappa shape index (κ2) is 7.00. The summed E-state index contributed by atoms with van der Waals surface area (Å²) in [6.07, 6.45) is 2.19. The Morgan fingerprint density at radius 1 is 1.35 bits per heavy atom. The Hall–Kier alpha value is -1.95.